The van der Waals surface area contributed by atoms with Crippen LogP contribution in [0.25, 0.3) is 0 Å². The molecule has 0 radical (unpaired) electrons. The van der Waals surface area contributed by atoms with Crippen LogP contribution in [0.1, 0.15) is 38.5 Å². The Morgan fingerprint density at radius 3 is 2.44 bits per heavy atom. The number of carboxylic acid groups (broad SMARTS) is 1. The highest BCUT2D eigenvalue weighted by molar-refractivity contribution is 5.81. The summed E-state index contributed by atoms with van der Waals surface area (Å²) in [6, 6.07) is -1.15. The number of hydrogen-bond acceptors (Lipinski definition) is 4. The molecule has 1 rings (SSSR count). The summed E-state index contributed by atoms with van der Waals surface area (Å²) in [5.41, 5.74) is 4.93. The molecule has 0 bridgehead atoms. The zero-order valence-corrected chi connectivity index (χ0v) is 10.1. The van der Waals surface area contributed by atoms with Crippen molar-refractivity contribution < 1.29 is 24.2 Å². The third kappa shape index (κ3) is 5.03. The fourth-order valence-electron chi connectivity index (χ4n) is 1.88. The van der Waals surface area contributed by atoms with Gasteiger partial charge in [-0.3, -0.25) is 4.79 Å². The van der Waals surface area contributed by atoms with E-state index in [0.29, 0.717) is 0 Å². The first-order valence-corrected chi connectivity index (χ1v) is 5.97. The summed E-state index contributed by atoms with van der Waals surface area (Å²) in [5, 5.41) is 11.1. The van der Waals surface area contributed by atoms with E-state index in [1.807, 2.05) is 0 Å². The lowest BCUT2D eigenvalue weighted by atomic mass is 10.1. The van der Waals surface area contributed by atoms with Crippen LogP contribution in [0.2, 0.25) is 0 Å². The summed E-state index contributed by atoms with van der Waals surface area (Å²) < 4.78 is 5.07. The summed E-state index contributed by atoms with van der Waals surface area (Å²) in [6.45, 7) is 0. The minimum absolute atomic E-state index is 0.0373. The Morgan fingerprint density at radius 2 is 1.94 bits per heavy atom. The number of alkyl carbamates (subject to hydrolysis) is 1. The number of primary amides is 1. The predicted molar refractivity (Wildman–Crippen MR) is 61.7 cm³/mol. The van der Waals surface area contributed by atoms with Crippen LogP contribution >= 0.6 is 0 Å². The van der Waals surface area contributed by atoms with Crippen LogP contribution in [0.4, 0.5) is 4.79 Å². The lowest BCUT2D eigenvalue weighted by molar-refractivity contribution is -0.139. The summed E-state index contributed by atoms with van der Waals surface area (Å²) in [7, 11) is 0. The highest BCUT2D eigenvalue weighted by Gasteiger charge is 2.24. The Morgan fingerprint density at radius 1 is 1.33 bits per heavy atom. The van der Waals surface area contributed by atoms with Gasteiger partial charge in [-0.15, -0.1) is 0 Å². The second-order valence-corrected chi connectivity index (χ2v) is 4.35. The number of nitrogens with two attached hydrogens (primary N) is 1. The second kappa shape index (κ2) is 6.83. The smallest absolute Gasteiger partial charge is 0.408 e. The fraction of sp³-hybridized carbons (Fsp3) is 0.727. The number of rotatable bonds is 6. The van der Waals surface area contributed by atoms with E-state index in [1.165, 1.54) is 0 Å². The number of amides is 2. The van der Waals surface area contributed by atoms with Crippen LogP contribution < -0.4 is 11.1 Å². The van der Waals surface area contributed by atoms with Crippen molar-refractivity contribution in [2.24, 2.45) is 5.73 Å². The zero-order valence-electron chi connectivity index (χ0n) is 10.1. The van der Waals surface area contributed by atoms with E-state index < -0.39 is 24.0 Å². The zero-order chi connectivity index (χ0) is 13.5. The molecular weight excluding hydrogens is 240 g/mol. The summed E-state index contributed by atoms with van der Waals surface area (Å²) in [6.07, 6.45) is 2.64. The SMILES string of the molecule is NC(=O)CC[C@H](NC(=O)OC1CCCC1)C(=O)O. The first-order chi connectivity index (χ1) is 8.49. The Hall–Kier alpha value is -1.79. The largest absolute Gasteiger partial charge is 0.480 e. The van der Waals surface area contributed by atoms with Crippen LogP contribution in [0.3, 0.4) is 0 Å². The van der Waals surface area contributed by atoms with Crippen molar-refractivity contribution in [2.75, 3.05) is 0 Å². The molecule has 2 amide bonds. The maximum Gasteiger partial charge on any atom is 0.408 e. The topological polar surface area (TPSA) is 119 Å². The van der Waals surface area contributed by atoms with Gasteiger partial charge in [-0.05, 0) is 32.1 Å². The van der Waals surface area contributed by atoms with Crippen molar-refractivity contribution in [3.05, 3.63) is 0 Å². The molecule has 0 spiro atoms. The quantitative estimate of drug-likeness (QED) is 0.636. The fourth-order valence-corrected chi connectivity index (χ4v) is 1.88. The third-order valence-corrected chi connectivity index (χ3v) is 2.85. The van der Waals surface area contributed by atoms with Gasteiger partial charge < -0.3 is 20.9 Å². The molecule has 1 aliphatic carbocycles. The molecule has 18 heavy (non-hydrogen) atoms. The highest BCUT2D eigenvalue weighted by Crippen LogP contribution is 2.20. The number of nitrogens with one attached hydrogen (secondary N) is 1. The van der Waals surface area contributed by atoms with E-state index in [0.717, 1.165) is 25.7 Å². The molecule has 0 aliphatic heterocycles. The predicted octanol–water partition coefficient (Wildman–Crippen LogP) is 0.374. The van der Waals surface area contributed by atoms with Crippen LogP contribution in [0, 0.1) is 0 Å². The monoisotopic (exact) mass is 258 g/mol. The van der Waals surface area contributed by atoms with E-state index in [-0.39, 0.29) is 18.9 Å². The van der Waals surface area contributed by atoms with Gasteiger partial charge >= 0.3 is 12.1 Å². The normalized spacial score (nSPS) is 17.1. The van der Waals surface area contributed by atoms with E-state index in [2.05, 4.69) is 5.32 Å². The van der Waals surface area contributed by atoms with Crippen molar-refractivity contribution in [1.82, 2.24) is 5.32 Å². The number of carbonyl (C=O) groups excluding carboxylic acids is 2. The van der Waals surface area contributed by atoms with Gasteiger partial charge in [-0.1, -0.05) is 0 Å². The maximum absolute atomic E-state index is 11.4. The van der Waals surface area contributed by atoms with Gasteiger partial charge in [0.25, 0.3) is 0 Å². The van der Waals surface area contributed by atoms with Crippen molar-refractivity contribution in [1.29, 1.82) is 0 Å². The molecule has 102 valence electrons. The Labute approximate surface area is 105 Å². The van der Waals surface area contributed by atoms with Gasteiger partial charge in [0.1, 0.15) is 12.1 Å². The minimum atomic E-state index is -1.21. The minimum Gasteiger partial charge on any atom is -0.480 e. The van der Waals surface area contributed by atoms with Crippen molar-refractivity contribution in [2.45, 2.75) is 50.7 Å². The van der Waals surface area contributed by atoms with Crippen molar-refractivity contribution in [3.8, 4) is 0 Å². The Balaban J connectivity index is 2.36. The van der Waals surface area contributed by atoms with Crippen LogP contribution in [-0.4, -0.2) is 35.2 Å². The Bertz CT molecular complexity index is 325. The number of carbonyl (C=O) groups is 3. The average molecular weight is 258 g/mol. The van der Waals surface area contributed by atoms with E-state index in [9.17, 15) is 14.4 Å². The first-order valence-electron chi connectivity index (χ1n) is 5.97. The second-order valence-electron chi connectivity index (χ2n) is 4.35. The van der Waals surface area contributed by atoms with Crippen LogP contribution in [0.5, 0.6) is 0 Å². The van der Waals surface area contributed by atoms with Gasteiger partial charge in [0.2, 0.25) is 5.91 Å². The number of carboxylic acids is 1. The summed E-state index contributed by atoms with van der Waals surface area (Å²) in [5.74, 6) is -1.81. The van der Waals surface area contributed by atoms with Crippen molar-refractivity contribution >= 4 is 18.0 Å². The molecule has 7 nitrogen and oxygen atoms in total. The maximum atomic E-state index is 11.4. The third-order valence-electron chi connectivity index (χ3n) is 2.85. The lowest BCUT2D eigenvalue weighted by Gasteiger charge is -2.16. The molecule has 1 saturated carbocycles. The number of ether oxygens (including phenoxy) is 1. The molecule has 1 atom stereocenters. The average Bonchev–Trinajstić information content (AvgIpc) is 2.76. The molecule has 4 N–H and O–H groups in total. The molecule has 0 aromatic rings. The molecular formula is C11H18N2O5. The van der Waals surface area contributed by atoms with Gasteiger partial charge in [-0.2, -0.15) is 0 Å². The molecule has 0 heterocycles. The molecule has 0 saturated heterocycles. The van der Waals surface area contributed by atoms with Crippen LogP contribution in [0.15, 0.2) is 0 Å². The summed E-state index contributed by atoms with van der Waals surface area (Å²) in [4.78, 5) is 32.9. The number of aliphatic carboxylic acids is 1. The van der Waals surface area contributed by atoms with E-state index in [4.69, 9.17) is 15.6 Å². The molecule has 7 heteroatoms. The molecule has 0 aromatic heterocycles. The van der Waals surface area contributed by atoms with Crippen molar-refractivity contribution in [3.63, 3.8) is 0 Å². The standard InChI is InChI=1S/C11H18N2O5/c12-9(14)6-5-8(10(15)16)13-11(17)18-7-3-1-2-4-7/h7-8H,1-6H2,(H2,12,14)(H,13,17)(H,15,16)/t8-/m0/s1. The van der Waals surface area contributed by atoms with Gasteiger partial charge in [0.05, 0.1) is 0 Å². The molecule has 1 aliphatic rings. The van der Waals surface area contributed by atoms with E-state index in [1.54, 1.807) is 0 Å². The van der Waals surface area contributed by atoms with Gasteiger partial charge in [-0.25, -0.2) is 9.59 Å². The van der Waals surface area contributed by atoms with Gasteiger partial charge in [0, 0.05) is 6.42 Å². The Kier molecular flexibility index (Phi) is 5.41. The molecule has 0 aromatic carbocycles. The van der Waals surface area contributed by atoms with E-state index >= 15 is 0 Å². The molecule has 0 unspecified atom stereocenters. The van der Waals surface area contributed by atoms with Crippen LogP contribution in [-0.2, 0) is 14.3 Å². The van der Waals surface area contributed by atoms with Gasteiger partial charge in [0.15, 0.2) is 0 Å². The molecule has 1 fully saturated rings. The highest BCUT2D eigenvalue weighted by atomic mass is 16.6. The first kappa shape index (κ1) is 14.3. The number of hydrogen-bond donors (Lipinski definition) is 3. The lowest BCUT2D eigenvalue weighted by Crippen LogP contribution is -2.42. The summed E-state index contributed by atoms with van der Waals surface area (Å²) >= 11 is 0.